The number of rotatable bonds is 7. The molecule has 0 fully saturated rings. The summed E-state index contributed by atoms with van der Waals surface area (Å²) >= 11 is 0. The van der Waals surface area contributed by atoms with Crippen molar-refractivity contribution in [2.75, 3.05) is 0 Å². The lowest BCUT2D eigenvalue weighted by Gasteiger charge is -2.08. The van der Waals surface area contributed by atoms with Crippen molar-refractivity contribution in [3.63, 3.8) is 0 Å². The quantitative estimate of drug-likeness (QED) is 0.410. The fraction of sp³-hybridized carbons (Fsp3) is 0.227. The molecular formula is C22H17F4N5O2. The van der Waals surface area contributed by atoms with E-state index in [1.807, 2.05) is 24.3 Å². The largest absolute Gasteiger partial charge is 0.419 e. The third-order valence-corrected chi connectivity index (χ3v) is 4.78. The molecule has 0 unspecified atom stereocenters. The van der Waals surface area contributed by atoms with Gasteiger partial charge in [0.25, 0.3) is 0 Å². The van der Waals surface area contributed by atoms with E-state index in [1.165, 1.54) is 0 Å². The summed E-state index contributed by atoms with van der Waals surface area (Å²) in [5, 5.41) is 10.9. The van der Waals surface area contributed by atoms with E-state index in [0.29, 0.717) is 30.6 Å². The molecule has 0 aliphatic rings. The van der Waals surface area contributed by atoms with Crippen LogP contribution in [0.25, 0.3) is 22.5 Å². The van der Waals surface area contributed by atoms with Gasteiger partial charge in [0.2, 0.25) is 17.7 Å². The third-order valence-electron chi connectivity index (χ3n) is 4.78. The Morgan fingerprint density at radius 1 is 1.09 bits per heavy atom. The van der Waals surface area contributed by atoms with Crippen LogP contribution in [0.4, 0.5) is 17.6 Å². The lowest BCUT2D eigenvalue weighted by atomic mass is 10.1. The van der Waals surface area contributed by atoms with Gasteiger partial charge < -0.3 is 9.73 Å². The van der Waals surface area contributed by atoms with Gasteiger partial charge in [0.1, 0.15) is 5.82 Å². The second-order valence-electron chi connectivity index (χ2n) is 7.18. The van der Waals surface area contributed by atoms with Crippen LogP contribution in [-0.2, 0) is 23.9 Å². The summed E-state index contributed by atoms with van der Waals surface area (Å²) in [5.74, 6) is -1.84. The van der Waals surface area contributed by atoms with Crippen molar-refractivity contribution in [1.29, 1.82) is 0 Å². The molecule has 0 aliphatic carbocycles. The summed E-state index contributed by atoms with van der Waals surface area (Å²) in [5.41, 5.74) is -0.0286. The van der Waals surface area contributed by atoms with Gasteiger partial charge >= 0.3 is 6.18 Å². The topological polar surface area (TPSA) is 93.8 Å². The number of carbonyl (C=O) groups excluding carboxylic acids is 1. The Morgan fingerprint density at radius 3 is 2.76 bits per heavy atom. The van der Waals surface area contributed by atoms with Crippen LogP contribution in [0.5, 0.6) is 0 Å². The molecule has 1 amide bonds. The standard InChI is InChI=1S/C22H17F4N5O2/c23-17-9-7-14(11-16(17)22(24,25)26)21-31-30-19(33-21)12-28-18(32)5-1-4-15-8-6-13-3-2-10-27-20(13)29-15/h2-3,6-11H,1,4-5,12H2,(H,28,32). The van der Waals surface area contributed by atoms with E-state index < -0.39 is 17.6 Å². The Morgan fingerprint density at radius 2 is 1.94 bits per heavy atom. The maximum atomic E-state index is 13.4. The molecule has 3 aromatic heterocycles. The number of amides is 1. The molecule has 0 aliphatic heterocycles. The van der Waals surface area contributed by atoms with Crippen molar-refractivity contribution < 1.29 is 26.8 Å². The molecule has 1 aromatic carbocycles. The SMILES string of the molecule is O=C(CCCc1ccc2cccnc2n1)NCc1nnc(-c2ccc(F)c(C(F)(F)F)c2)o1. The highest BCUT2D eigenvalue weighted by Gasteiger charge is 2.34. The minimum atomic E-state index is -4.85. The van der Waals surface area contributed by atoms with E-state index in [1.54, 1.807) is 6.20 Å². The summed E-state index contributed by atoms with van der Waals surface area (Å²) in [4.78, 5) is 20.7. The number of hydrogen-bond donors (Lipinski definition) is 1. The number of nitrogens with zero attached hydrogens (tertiary/aromatic N) is 4. The smallest absolute Gasteiger partial charge is 0.419 e. The van der Waals surface area contributed by atoms with E-state index in [0.717, 1.165) is 17.1 Å². The Hall–Kier alpha value is -3.89. The molecule has 11 heteroatoms. The Labute approximate surface area is 184 Å². The fourth-order valence-electron chi connectivity index (χ4n) is 3.14. The first-order valence-corrected chi connectivity index (χ1v) is 9.96. The monoisotopic (exact) mass is 459 g/mol. The molecule has 0 saturated carbocycles. The average molecular weight is 459 g/mol. The second-order valence-corrected chi connectivity index (χ2v) is 7.18. The van der Waals surface area contributed by atoms with Gasteiger partial charge in [0, 0.05) is 29.3 Å². The molecule has 0 spiro atoms. The number of aromatic nitrogens is 4. The van der Waals surface area contributed by atoms with Crippen LogP contribution in [-0.4, -0.2) is 26.1 Å². The number of benzene rings is 1. The zero-order valence-electron chi connectivity index (χ0n) is 17.1. The number of alkyl halides is 3. The number of carbonyl (C=O) groups is 1. The molecule has 33 heavy (non-hydrogen) atoms. The highest BCUT2D eigenvalue weighted by molar-refractivity contribution is 5.76. The summed E-state index contributed by atoms with van der Waals surface area (Å²) in [7, 11) is 0. The minimum Gasteiger partial charge on any atom is -0.419 e. The first-order valence-electron chi connectivity index (χ1n) is 9.96. The van der Waals surface area contributed by atoms with Crippen molar-refractivity contribution >= 4 is 16.9 Å². The molecule has 7 nitrogen and oxygen atoms in total. The van der Waals surface area contributed by atoms with Crippen molar-refractivity contribution in [3.8, 4) is 11.5 Å². The molecule has 4 aromatic rings. The minimum absolute atomic E-state index is 0.0125. The molecule has 0 atom stereocenters. The van der Waals surface area contributed by atoms with Crippen LogP contribution in [0.15, 0.2) is 53.1 Å². The lowest BCUT2D eigenvalue weighted by Crippen LogP contribution is -2.22. The van der Waals surface area contributed by atoms with E-state index in [4.69, 9.17) is 4.42 Å². The first kappa shape index (κ1) is 22.3. The van der Waals surface area contributed by atoms with E-state index in [-0.39, 0.29) is 36.2 Å². The van der Waals surface area contributed by atoms with Crippen LogP contribution < -0.4 is 5.32 Å². The third kappa shape index (κ3) is 5.48. The van der Waals surface area contributed by atoms with Crippen molar-refractivity contribution in [2.45, 2.75) is 32.0 Å². The van der Waals surface area contributed by atoms with Crippen molar-refractivity contribution in [1.82, 2.24) is 25.5 Å². The number of pyridine rings is 2. The maximum absolute atomic E-state index is 13.4. The molecule has 1 N–H and O–H groups in total. The van der Waals surface area contributed by atoms with E-state index >= 15 is 0 Å². The normalized spacial score (nSPS) is 11.6. The number of aryl methyl sites for hydroxylation is 1. The van der Waals surface area contributed by atoms with Crippen LogP contribution in [0.2, 0.25) is 0 Å². The van der Waals surface area contributed by atoms with Crippen molar-refractivity contribution in [2.24, 2.45) is 0 Å². The van der Waals surface area contributed by atoms with Gasteiger partial charge in [-0.2, -0.15) is 13.2 Å². The fourth-order valence-corrected chi connectivity index (χ4v) is 3.14. The van der Waals surface area contributed by atoms with Gasteiger partial charge in [-0.05, 0) is 55.3 Å². The summed E-state index contributed by atoms with van der Waals surface area (Å²) in [6.45, 7) is -0.0860. The first-order chi connectivity index (χ1) is 15.8. The molecule has 3 heterocycles. The molecule has 170 valence electrons. The summed E-state index contributed by atoms with van der Waals surface area (Å²) in [6.07, 6.45) is -1.80. The summed E-state index contributed by atoms with van der Waals surface area (Å²) < 4.78 is 57.4. The molecule has 0 bridgehead atoms. The van der Waals surface area contributed by atoms with Gasteiger partial charge in [0.05, 0.1) is 12.1 Å². The Balaban J connectivity index is 1.29. The second kappa shape index (κ2) is 9.31. The maximum Gasteiger partial charge on any atom is 0.419 e. The number of nitrogens with one attached hydrogen (secondary N) is 1. The van der Waals surface area contributed by atoms with Crippen LogP contribution in [0, 0.1) is 5.82 Å². The molecule has 0 radical (unpaired) electrons. The van der Waals surface area contributed by atoms with Crippen LogP contribution >= 0.6 is 0 Å². The van der Waals surface area contributed by atoms with Gasteiger partial charge in [-0.15, -0.1) is 10.2 Å². The highest BCUT2D eigenvalue weighted by atomic mass is 19.4. The predicted octanol–water partition coefficient (Wildman–Crippen LogP) is 4.48. The molecular weight excluding hydrogens is 442 g/mol. The molecule has 0 saturated heterocycles. The van der Waals surface area contributed by atoms with Crippen LogP contribution in [0.1, 0.15) is 30.0 Å². The van der Waals surface area contributed by atoms with Gasteiger partial charge in [-0.3, -0.25) is 4.79 Å². The molecule has 4 rings (SSSR count). The predicted molar refractivity (Wildman–Crippen MR) is 109 cm³/mol. The van der Waals surface area contributed by atoms with E-state index in [2.05, 4.69) is 25.5 Å². The Kier molecular flexibility index (Phi) is 6.29. The van der Waals surface area contributed by atoms with Gasteiger partial charge in [-0.25, -0.2) is 14.4 Å². The zero-order valence-corrected chi connectivity index (χ0v) is 17.1. The Bertz CT molecular complexity index is 1290. The highest BCUT2D eigenvalue weighted by Crippen LogP contribution is 2.34. The average Bonchev–Trinajstić information content (AvgIpc) is 3.26. The lowest BCUT2D eigenvalue weighted by molar-refractivity contribution is -0.140. The van der Waals surface area contributed by atoms with E-state index in [9.17, 15) is 22.4 Å². The zero-order chi connectivity index (χ0) is 23.4. The number of halogens is 4. The number of fused-ring (bicyclic) bond motifs is 1. The van der Waals surface area contributed by atoms with Crippen LogP contribution in [0.3, 0.4) is 0 Å². The van der Waals surface area contributed by atoms with Gasteiger partial charge in [-0.1, -0.05) is 0 Å². The number of hydrogen-bond acceptors (Lipinski definition) is 6. The van der Waals surface area contributed by atoms with Gasteiger partial charge in [0.15, 0.2) is 5.65 Å². The summed E-state index contributed by atoms with van der Waals surface area (Å²) in [6, 6.07) is 9.96. The van der Waals surface area contributed by atoms with Crippen molar-refractivity contribution in [3.05, 3.63) is 71.6 Å².